The summed E-state index contributed by atoms with van der Waals surface area (Å²) in [5.41, 5.74) is 1.16. The van der Waals surface area contributed by atoms with Crippen LogP contribution in [0.25, 0.3) is 0 Å². The summed E-state index contributed by atoms with van der Waals surface area (Å²) >= 11 is 3.57. The number of carbonyl (C=O) groups excluding carboxylic acids is 1. The summed E-state index contributed by atoms with van der Waals surface area (Å²) in [5, 5.41) is 11.5. The van der Waals surface area contributed by atoms with Crippen molar-refractivity contribution < 1.29 is 4.79 Å². The molecule has 1 fully saturated rings. The largest absolute Gasteiger partial charge is 0.351 e. The molecule has 0 aromatic heterocycles. The van der Waals surface area contributed by atoms with E-state index in [1.165, 1.54) is 12.8 Å². The van der Waals surface area contributed by atoms with Crippen LogP contribution < -0.4 is 5.32 Å². The van der Waals surface area contributed by atoms with Gasteiger partial charge in [-0.3, -0.25) is 4.79 Å². The average Bonchev–Trinajstić information content (AvgIpc) is 3.20. The summed E-state index contributed by atoms with van der Waals surface area (Å²) in [6, 6.07) is 8.69. The number of nitriles is 1. The van der Waals surface area contributed by atoms with Crippen molar-refractivity contribution in [3.8, 4) is 6.07 Å². The van der Waals surface area contributed by atoms with Crippen LogP contribution in [0.15, 0.2) is 24.3 Å². The molecular formula is C13H13BrN2O. The lowest BCUT2D eigenvalue weighted by Crippen LogP contribution is -2.30. The van der Waals surface area contributed by atoms with E-state index in [4.69, 9.17) is 5.26 Å². The topological polar surface area (TPSA) is 52.9 Å². The summed E-state index contributed by atoms with van der Waals surface area (Å²) in [7, 11) is 0. The number of halogens is 1. The SMILES string of the molecule is N#Cc1ccc(C(=O)NCC(Br)C2CC2)cc1. The first-order chi connectivity index (χ1) is 8.20. The summed E-state index contributed by atoms with van der Waals surface area (Å²) in [6.45, 7) is 0.656. The minimum absolute atomic E-state index is 0.0837. The molecule has 0 spiro atoms. The van der Waals surface area contributed by atoms with Crippen LogP contribution in [-0.2, 0) is 0 Å². The molecule has 0 heterocycles. The van der Waals surface area contributed by atoms with Crippen molar-refractivity contribution in [3.05, 3.63) is 35.4 Å². The first-order valence-electron chi connectivity index (χ1n) is 5.63. The molecule has 1 aliphatic carbocycles. The number of hydrogen-bond donors (Lipinski definition) is 1. The van der Waals surface area contributed by atoms with Crippen molar-refractivity contribution >= 4 is 21.8 Å². The molecule has 2 rings (SSSR count). The Morgan fingerprint density at radius 2 is 2.12 bits per heavy atom. The second kappa shape index (κ2) is 5.33. The van der Waals surface area contributed by atoms with Crippen LogP contribution in [0.4, 0.5) is 0 Å². The molecule has 0 radical (unpaired) electrons. The number of amides is 1. The number of benzene rings is 1. The third-order valence-electron chi connectivity index (χ3n) is 2.87. The molecule has 3 nitrogen and oxygen atoms in total. The van der Waals surface area contributed by atoms with E-state index in [0.29, 0.717) is 22.5 Å². The zero-order valence-corrected chi connectivity index (χ0v) is 10.9. The highest BCUT2D eigenvalue weighted by Crippen LogP contribution is 2.36. The van der Waals surface area contributed by atoms with E-state index < -0.39 is 0 Å². The number of rotatable bonds is 4. The molecule has 4 heteroatoms. The van der Waals surface area contributed by atoms with Gasteiger partial charge in [0.2, 0.25) is 0 Å². The maximum absolute atomic E-state index is 11.8. The Bertz CT molecular complexity index is 445. The van der Waals surface area contributed by atoms with Gasteiger partial charge in [-0.25, -0.2) is 0 Å². The first-order valence-corrected chi connectivity index (χ1v) is 6.54. The monoisotopic (exact) mass is 292 g/mol. The van der Waals surface area contributed by atoms with E-state index in [1.807, 2.05) is 6.07 Å². The lowest BCUT2D eigenvalue weighted by atomic mass is 10.1. The maximum Gasteiger partial charge on any atom is 0.251 e. The fourth-order valence-electron chi connectivity index (χ4n) is 1.61. The molecule has 88 valence electrons. The molecule has 0 aliphatic heterocycles. The van der Waals surface area contributed by atoms with Crippen LogP contribution in [0.1, 0.15) is 28.8 Å². The van der Waals surface area contributed by atoms with Crippen molar-refractivity contribution in [1.29, 1.82) is 5.26 Å². The smallest absolute Gasteiger partial charge is 0.251 e. The molecule has 1 aromatic rings. The van der Waals surface area contributed by atoms with Crippen LogP contribution >= 0.6 is 15.9 Å². The molecule has 1 N–H and O–H groups in total. The summed E-state index contributed by atoms with van der Waals surface area (Å²) < 4.78 is 0. The van der Waals surface area contributed by atoms with Gasteiger partial charge in [-0.2, -0.15) is 5.26 Å². The van der Waals surface area contributed by atoms with Crippen molar-refractivity contribution in [3.63, 3.8) is 0 Å². The summed E-state index contributed by atoms with van der Waals surface area (Å²) in [5.74, 6) is 0.635. The molecule has 1 unspecified atom stereocenters. The van der Waals surface area contributed by atoms with Gasteiger partial charge in [-0.1, -0.05) is 15.9 Å². The highest BCUT2D eigenvalue weighted by atomic mass is 79.9. The van der Waals surface area contributed by atoms with Crippen LogP contribution in [0.5, 0.6) is 0 Å². The Morgan fingerprint density at radius 3 is 2.65 bits per heavy atom. The van der Waals surface area contributed by atoms with Crippen molar-refractivity contribution in [2.75, 3.05) is 6.54 Å². The highest BCUT2D eigenvalue weighted by molar-refractivity contribution is 9.09. The first kappa shape index (κ1) is 12.1. The second-order valence-corrected chi connectivity index (χ2v) is 5.43. The molecule has 1 aromatic carbocycles. The third kappa shape index (κ3) is 3.31. The van der Waals surface area contributed by atoms with Gasteiger partial charge in [0.15, 0.2) is 0 Å². The van der Waals surface area contributed by atoms with Gasteiger partial charge in [0.1, 0.15) is 0 Å². The zero-order chi connectivity index (χ0) is 12.3. The lowest BCUT2D eigenvalue weighted by Gasteiger charge is -2.09. The van der Waals surface area contributed by atoms with E-state index in [0.717, 1.165) is 5.92 Å². The van der Waals surface area contributed by atoms with Crippen molar-refractivity contribution in [2.45, 2.75) is 17.7 Å². The quantitative estimate of drug-likeness (QED) is 0.867. The van der Waals surface area contributed by atoms with Crippen LogP contribution in [0.3, 0.4) is 0 Å². The average molecular weight is 293 g/mol. The number of nitrogens with one attached hydrogen (secondary N) is 1. The van der Waals surface area contributed by atoms with Gasteiger partial charge in [0, 0.05) is 16.9 Å². The predicted octanol–water partition coefficient (Wildman–Crippen LogP) is 2.46. The van der Waals surface area contributed by atoms with Crippen LogP contribution in [0, 0.1) is 17.2 Å². The molecular weight excluding hydrogens is 280 g/mol. The molecule has 1 atom stereocenters. The van der Waals surface area contributed by atoms with Gasteiger partial charge >= 0.3 is 0 Å². The van der Waals surface area contributed by atoms with Gasteiger partial charge in [-0.15, -0.1) is 0 Å². The molecule has 1 saturated carbocycles. The fraction of sp³-hybridized carbons (Fsp3) is 0.385. The van der Waals surface area contributed by atoms with E-state index in [1.54, 1.807) is 24.3 Å². The van der Waals surface area contributed by atoms with E-state index in [-0.39, 0.29) is 5.91 Å². The predicted molar refractivity (Wildman–Crippen MR) is 68.9 cm³/mol. The molecule has 0 saturated heterocycles. The lowest BCUT2D eigenvalue weighted by molar-refractivity contribution is 0.0953. The Kier molecular flexibility index (Phi) is 3.80. The summed E-state index contributed by atoms with van der Waals surface area (Å²) in [4.78, 5) is 12.2. The Labute approximate surface area is 109 Å². The van der Waals surface area contributed by atoms with Crippen LogP contribution in [0.2, 0.25) is 0 Å². The van der Waals surface area contributed by atoms with E-state index in [2.05, 4.69) is 21.2 Å². The molecule has 1 amide bonds. The zero-order valence-electron chi connectivity index (χ0n) is 9.32. The van der Waals surface area contributed by atoms with Gasteiger partial charge < -0.3 is 5.32 Å². The van der Waals surface area contributed by atoms with Gasteiger partial charge in [-0.05, 0) is 43.0 Å². The number of hydrogen-bond acceptors (Lipinski definition) is 2. The number of nitrogens with zero attached hydrogens (tertiary/aromatic N) is 1. The Hall–Kier alpha value is -1.34. The minimum atomic E-state index is -0.0837. The maximum atomic E-state index is 11.8. The Balaban J connectivity index is 1.88. The highest BCUT2D eigenvalue weighted by Gasteiger charge is 2.29. The molecule has 17 heavy (non-hydrogen) atoms. The molecule has 1 aliphatic rings. The minimum Gasteiger partial charge on any atom is -0.351 e. The normalized spacial score (nSPS) is 16.0. The number of carbonyl (C=O) groups is 1. The van der Waals surface area contributed by atoms with Crippen molar-refractivity contribution in [1.82, 2.24) is 5.32 Å². The standard InChI is InChI=1S/C13H13BrN2O/c14-12(10-5-6-10)8-16-13(17)11-3-1-9(7-15)2-4-11/h1-4,10,12H,5-6,8H2,(H,16,17). The van der Waals surface area contributed by atoms with E-state index in [9.17, 15) is 4.79 Å². The summed E-state index contributed by atoms with van der Waals surface area (Å²) in [6.07, 6.45) is 2.51. The van der Waals surface area contributed by atoms with Gasteiger partial charge in [0.25, 0.3) is 5.91 Å². The van der Waals surface area contributed by atoms with E-state index >= 15 is 0 Å². The number of alkyl halides is 1. The fourth-order valence-corrected chi connectivity index (χ4v) is 2.30. The Morgan fingerprint density at radius 1 is 1.47 bits per heavy atom. The van der Waals surface area contributed by atoms with Crippen LogP contribution in [-0.4, -0.2) is 17.3 Å². The van der Waals surface area contributed by atoms with Gasteiger partial charge in [0.05, 0.1) is 11.6 Å². The third-order valence-corrected chi connectivity index (χ3v) is 3.94. The molecule has 0 bridgehead atoms. The second-order valence-electron chi connectivity index (χ2n) is 4.25. The van der Waals surface area contributed by atoms with Crippen molar-refractivity contribution in [2.24, 2.45) is 5.92 Å².